The zero-order chi connectivity index (χ0) is 16.7. The van der Waals surface area contributed by atoms with Gasteiger partial charge in [0.25, 0.3) is 0 Å². The van der Waals surface area contributed by atoms with Crippen molar-refractivity contribution in [2.45, 2.75) is 50.4 Å². The van der Waals surface area contributed by atoms with Gasteiger partial charge in [0.05, 0.1) is 24.3 Å². The number of amides is 1. The van der Waals surface area contributed by atoms with Crippen molar-refractivity contribution in [3.63, 3.8) is 0 Å². The summed E-state index contributed by atoms with van der Waals surface area (Å²) in [6.07, 6.45) is 4.61. The fourth-order valence-electron chi connectivity index (χ4n) is 3.63. The fourth-order valence-corrected chi connectivity index (χ4v) is 3.63. The Labute approximate surface area is 167 Å². The molecule has 1 saturated heterocycles. The molecule has 126 valence electrons. The summed E-state index contributed by atoms with van der Waals surface area (Å²) in [5.74, 6) is -1.18. The van der Waals surface area contributed by atoms with E-state index in [2.05, 4.69) is 5.32 Å². The number of rotatable bonds is 5. The monoisotopic (exact) mass is 350 g/mol. The normalized spacial score (nSPS) is 23.4. The van der Waals surface area contributed by atoms with Crippen LogP contribution in [0, 0.1) is 0 Å². The molecule has 6 nitrogen and oxygen atoms in total. The number of likely N-dealkylation sites (tertiary alicyclic amines) is 1. The summed E-state index contributed by atoms with van der Waals surface area (Å²) in [5, 5.41) is 15.3. The minimum atomic E-state index is -1.07. The van der Waals surface area contributed by atoms with E-state index in [4.69, 9.17) is 4.42 Å². The smallest absolute Gasteiger partial charge is 0.548 e. The third-order valence-electron chi connectivity index (χ3n) is 4.96. The number of furan rings is 1. The molecule has 1 saturated carbocycles. The second-order valence-electron chi connectivity index (χ2n) is 6.62. The van der Waals surface area contributed by atoms with Crippen molar-refractivity contribution in [1.29, 1.82) is 0 Å². The Bertz CT molecular complexity index is 786. The van der Waals surface area contributed by atoms with Crippen LogP contribution in [0.4, 0.5) is 0 Å². The number of nitrogens with one attached hydrogen (secondary N) is 1. The molecule has 2 fully saturated rings. The molecule has 7 heteroatoms. The summed E-state index contributed by atoms with van der Waals surface area (Å²) < 4.78 is 5.37. The van der Waals surface area contributed by atoms with Gasteiger partial charge in [-0.05, 0) is 43.4 Å². The standard InChI is InChI=1S/C18H20N2O4.Na/c21-17(14-5-6-15(18(22)23)20(14)13-3-4-13)19-10-11-1-2-12-7-8-24-16(12)9-11;/h1-2,7-9,13-15H,3-6,10H2,(H,19,21)(H,22,23);/q;+1/p-1. The SMILES string of the molecule is O=C([O-])C1CCC(C(=O)NCc2ccc3ccoc3c2)N1C1CC1.[Na+]. The third-order valence-corrected chi connectivity index (χ3v) is 4.96. The van der Waals surface area contributed by atoms with Gasteiger partial charge in [-0.15, -0.1) is 0 Å². The van der Waals surface area contributed by atoms with Crippen molar-refractivity contribution < 1.29 is 48.7 Å². The van der Waals surface area contributed by atoms with Crippen LogP contribution < -0.4 is 40.0 Å². The van der Waals surface area contributed by atoms with E-state index >= 15 is 0 Å². The number of hydrogen-bond acceptors (Lipinski definition) is 5. The zero-order valence-electron chi connectivity index (χ0n) is 14.2. The predicted octanol–water partition coefficient (Wildman–Crippen LogP) is -2.20. The van der Waals surface area contributed by atoms with Gasteiger partial charge in [0.1, 0.15) is 5.58 Å². The molecule has 0 radical (unpaired) electrons. The quantitative estimate of drug-likeness (QED) is 0.619. The topological polar surface area (TPSA) is 85.6 Å². The van der Waals surface area contributed by atoms with Crippen LogP contribution >= 0.6 is 0 Å². The van der Waals surface area contributed by atoms with Crippen LogP contribution in [-0.2, 0) is 16.1 Å². The summed E-state index contributed by atoms with van der Waals surface area (Å²) in [6, 6.07) is 6.93. The Hall–Kier alpha value is -1.34. The molecule has 1 aromatic heterocycles. The Balaban J connectivity index is 0.00000182. The third kappa shape index (κ3) is 3.77. The van der Waals surface area contributed by atoms with Gasteiger partial charge in [0.15, 0.2) is 0 Å². The molecule has 0 spiro atoms. The van der Waals surface area contributed by atoms with E-state index in [1.165, 1.54) is 0 Å². The van der Waals surface area contributed by atoms with E-state index in [1.54, 1.807) is 6.26 Å². The molecular formula is C18H19N2NaO4. The first-order valence-corrected chi connectivity index (χ1v) is 8.35. The summed E-state index contributed by atoms with van der Waals surface area (Å²) in [6.45, 7) is 0.403. The molecule has 2 aliphatic rings. The summed E-state index contributed by atoms with van der Waals surface area (Å²) in [4.78, 5) is 25.7. The predicted molar refractivity (Wildman–Crippen MR) is 84.7 cm³/mol. The number of carboxylic acids is 1. The number of carboxylic acid groups (broad SMARTS) is 1. The van der Waals surface area contributed by atoms with Crippen LogP contribution in [0.25, 0.3) is 11.0 Å². The second kappa shape index (κ2) is 7.50. The van der Waals surface area contributed by atoms with Gasteiger partial charge in [-0.1, -0.05) is 12.1 Å². The molecule has 25 heavy (non-hydrogen) atoms. The molecule has 1 aliphatic heterocycles. The molecule has 2 atom stereocenters. The van der Waals surface area contributed by atoms with Crippen molar-refractivity contribution in [3.8, 4) is 0 Å². The molecule has 1 N–H and O–H groups in total. The number of fused-ring (bicyclic) bond motifs is 1. The fraction of sp³-hybridized carbons (Fsp3) is 0.444. The molecule has 1 amide bonds. The summed E-state index contributed by atoms with van der Waals surface area (Å²) >= 11 is 0. The van der Waals surface area contributed by atoms with Crippen LogP contribution in [0.15, 0.2) is 34.9 Å². The Morgan fingerprint density at radius 1 is 1.16 bits per heavy atom. The maximum atomic E-state index is 12.6. The first-order chi connectivity index (χ1) is 11.6. The zero-order valence-corrected chi connectivity index (χ0v) is 16.2. The molecule has 1 aromatic carbocycles. The van der Waals surface area contributed by atoms with Gasteiger partial charge in [0, 0.05) is 18.0 Å². The second-order valence-corrected chi connectivity index (χ2v) is 6.62. The van der Waals surface area contributed by atoms with Gasteiger partial charge in [-0.3, -0.25) is 9.69 Å². The van der Waals surface area contributed by atoms with E-state index in [0.29, 0.717) is 19.4 Å². The van der Waals surface area contributed by atoms with Gasteiger partial charge in [-0.25, -0.2) is 0 Å². The average molecular weight is 350 g/mol. The Morgan fingerprint density at radius 2 is 1.92 bits per heavy atom. The summed E-state index contributed by atoms with van der Waals surface area (Å²) in [7, 11) is 0. The van der Waals surface area contributed by atoms with Crippen LogP contribution in [0.5, 0.6) is 0 Å². The minimum Gasteiger partial charge on any atom is -0.548 e. The van der Waals surface area contributed by atoms with Gasteiger partial charge in [0.2, 0.25) is 5.91 Å². The van der Waals surface area contributed by atoms with Gasteiger partial charge in [-0.2, -0.15) is 0 Å². The first kappa shape index (κ1) is 18.5. The summed E-state index contributed by atoms with van der Waals surface area (Å²) in [5.41, 5.74) is 1.75. The Kier molecular flexibility index (Phi) is 5.53. The largest absolute Gasteiger partial charge is 1.00 e. The molecule has 0 bridgehead atoms. The molecule has 2 heterocycles. The van der Waals surface area contributed by atoms with Crippen LogP contribution in [0.2, 0.25) is 0 Å². The van der Waals surface area contributed by atoms with E-state index < -0.39 is 12.0 Å². The number of benzene rings is 1. The number of aliphatic carboxylic acids is 1. The van der Waals surface area contributed by atoms with Crippen LogP contribution in [-0.4, -0.2) is 34.9 Å². The average Bonchev–Trinajstić information content (AvgIpc) is 3.13. The van der Waals surface area contributed by atoms with Crippen molar-refractivity contribution in [2.75, 3.05) is 0 Å². The van der Waals surface area contributed by atoms with E-state index in [9.17, 15) is 14.7 Å². The van der Waals surface area contributed by atoms with Gasteiger partial charge < -0.3 is 19.6 Å². The van der Waals surface area contributed by atoms with Crippen molar-refractivity contribution >= 4 is 22.8 Å². The van der Waals surface area contributed by atoms with E-state index in [0.717, 1.165) is 29.4 Å². The van der Waals surface area contributed by atoms with Crippen molar-refractivity contribution in [3.05, 3.63) is 36.1 Å². The van der Waals surface area contributed by atoms with Gasteiger partial charge >= 0.3 is 29.6 Å². The van der Waals surface area contributed by atoms with E-state index in [1.807, 2.05) is 29.2 Å². The molecule has 1 aliphatic carbocycles. The number of carbonyl (C=O) groups excluding carboxylic acids is 2. The number of carbonyl (C=O) groups is 2. The first-order valence-electron chi connectivity index (χ1n) is 8.35. The maximum absolute atomic E-state index is 12.6. The number of nitrogens with zero attached hydrogens (tertiary/aromatic N) is 1. The molecule has 4 rings (SSSR count). The maximum Gasteiger partial charge on any atom is 1.00 e. The minimum absolute atomic E-state index is 0. The number of hydrogen-bond donors (Lipinski definition) is 1. The van der Waals surface area contributed by atoms with Crippen molar-refractivity contribution in [2.24, 2.45) is 0 Å². The van der Waals surface area contributed by atoms with Crippen LogP contribution in [0.1, 0.15) is 31.2 Å². The molecule has 2 aromatic rings. The molecule has 2 unspecified atom stereocenters. The van der Waals surface area contributed by atoms with Crippen LogP contribution in [0.3, 0.4) is 0 Å². The van der Waals surface area contributed by atoms with E-state index in [-0.39, 0.29) is 47.5 Å². The Morgan fingerprint density at radius 3 is 2.64 bits per heavy atom. The van der Waals surface area contributed by atoms with Crippen molar-refractivity contribution in [1.82, 2.24) is 10.2 Å². The molecular weight excluding hydrogens is 331 g/mol.